The number of rotatable bonds is 3. The van der Waals surface area contributed by atoms with Crippen LogP contribution in [0.15, 0.2) is 48.1 Å². The van der Waals surface area contributed by atoms with Crippen LogP contribution in [0.3, 0.4) is 0 Å². The van der Waals surface area contributed by atoms with Crippen molar-refractivity contribution in [1.82, 2.24) is 0 Å². The summed E-state index contributed by atoms with van der Waals surface area (Å²) in [5.74, 6) is 0. The van der Waals surface area contributed by atoms with Crippen LogP contribution in [0.4, 0.5) is 0 Å². The molecule has 1 nitrogen and oxygen atoms in total. The molecule has 0 rings (SSSR count). The van der Waals surface area contributed by atoms with Gasteiger partial charge in [-0.25, -0.2) is 0 Å². The summed E-state index contributed by atoms with van der Waals surface area (Å²) < 4.78 is 0. The summed E-state index contributed by atoms with van der Waals surface area (Å²) in [6, 6.07) is 2.07. The van der Waals surface area contributed by atoms with Gasteiger partial charge in [0.25, 0.3) is 0 Å². The lowest BCUT2D eigenvalue weighted by Gasteiger charge is -2.01. The Hall–Kier alpha value is -1.55. The molecule has 0 aromatic rings. The third-order valence-electron chi connectivity index (χ3n) is 1.69. The second-order valence-electron chi connectivity index (χ2n) is 2.30. The molecule has 0 bridgehead atoms. The molecule has 0 aliphatic rings. The Kier molecular flexibility index (Phi) is 4.48. The molecule has 12 heavy (non-hydrogen) atoms. The third kappa shape index (κ3) is 2.25. The van der Waals surface area contributed by atoms with Crippen LogP contribution in [0.2, 0.25) is 0 Å². The monoisotopic (exact) mass is 159 g/mol. The van der Waals surface area contributed by atoms with Crippen molar-refractivity contribution >= 4 is 0 Å². The van der Waals surface area contributed by atoms with Crippen LogP contribution in [0, 0.1) is 11.3 Å². The zero-order valence-corrected chi connectivity index (χ0v) is 7.59. The summed E-state index contributed by atoms with van der Waals surface area (Å²) in [4.78, 5) is 0. The van der Waals surface area contributed by atoms with E-state index in [1.54, 1.807) is 12.2 Å². The first-order chi connectivity index (χ1) is 5.71. The molecule has 1 heteroatoms. The number of nitrogens with zero attached hydrogens (tertiary/aromatic N) is 1. The van der Waals surface area contributed by atoms with Crippen molar-refractivity contribution in [3.05, 3.63) is 48.1 Å². The minimum atomic E-state index is 0.600. The summed E-state index contributed by atoms with van der Waals surface area (Å²) in [6.07, 6.45) is 5.21. The minimum Gasteiger partial charge on any atom is -0.192 e. The van der Waals surface area contributed by atoms with Gasteiger partial charge in [0.1, 0.15) is 0 Å². The fourth-order valence-electron chi connectivity index (χ4n) is 0.926. The highest BCUT2D eigenvalue weighted by Gasteiger charge is 1.99. The number of allylic oxidation sites excluding steroid dienone is 6. The molecule has 0 N–H and O–H groups in total. The van der Waals surface area contributed by atoms with Gasteiger partial charge >= 0.3 is 0 Å². The van der Waals surface area contributed by atoms with E-state index in [0.717, 1.165) is 11.1 Å². The summed E-state index contributed by atoms with van der Waals surface area (Å²) in [6.45, 7) is 11.0. The van der Waals surface area contributed by atoms with E-state index in [1.165, 1.54) is 0 Å². The molecule has 0 aliphatic carbocycles. The van der Waals surface area contributed by atoms with Gasteiger partial charge in [-0.05, 0) is 25.0 Å². The highest BCUT2D eigenvalue weighted by Crippen LogP contribution is 2.15. The van der Waals surface area contributed by atoms with E-state index in [-0.39, 0.29) is 0 Å². The smallest absolute Gasteiger partial charge is 0.0994 e. The van der Waals surface area contributed by atoms with Crippen LogP contribution in [0.5, 0.6) is 0 Å². The maximum absolute atomic E-state index is 8.70. The minimum absolute atomic E-state index is 0.600. The first-order valence-electron chi connectivity index (χ1n) is 3.73. The first kappa shape index (κ1) is 10.4. The van der Waals surface area contributed by atoms with Crippen LogP contribution in [0.1, 0.15) is 13.8 Å². The average Bonchev–Trinajstić information content (AvgIpc) is 2.09. The zero-order chi connectivity index (χ0) is 9.56. The van der Waals surface area contributed by atoms with Crippen LogP contribution >= 0.6 is 0 Å². The molecule has 0 radical (unpaired) electrons. The molecule has 0 saturated carbocycles. The SMILES string of the molecule is C=CC(=C/C)/C(C)=C(/C#N)C=C. The van der Waals surface area contributed by atoms with Gasteiger partial charge in [-0.2, -0.15) is 5.26 Å². The standard InChI is InChI=1S/C11H13N/c1-5-10(6-2)9(4)11(7-3)8-12/h5-7H,1,3H2,2,4H3/b10-6-,11-9+. The molecular weight excluding hydrogens is 146 g/mol. The van der Waals surface area contributed by atoms with Crippen LogP contribution in [-0.2, 0) is 0 Å². The third-order valence-corrected chi connectivity index (χ3v) is 1.69. The molecule has 62 valence electrons. The Labute approximate surface area is 74.0 Å². The molecule has 0 heterocycles. The fraction of sp³-hybridized carbons (Fsp3) is 0.182. The Balaban J connectivity index is 5.15. The second-order valence-corrected chi connectivity index (χ2v) is 2.30. The molecular formula is C11H13N. The van der Waals surface area contributed by atoms with E-state index < -0.39 is 0 Å². The molecule has 0 aliphatic heterocycles. The fourth-order valence-corrected chi connectivity index (χ4v) is 0.926. The lowest BCUT2D eigenvalue weighted by molar-refractivity contribution is 1.36. The van der Waals surface area contributed by atoms with E-state index in [9.17, 15) is 0 Å². The topological polar surface area (TPSA) is 23.8 Å². The number of hydrogen-bond acceptors (Lipinski definition) is 1. The summed E-state index contributed by atoms with van der Waals surface area (Å²) in [5, 5.41) is 8.70. The normalized spacial score (nSPS) is 12.9. The van der Waals surface area contributed by atoms with Crippen LogP contribution in [0.25, 0.3) is 0 Å². The van der Waals surface area contributed by atoms with Crippen molar-refractivity contribution in [3.63, 3.8) is 0 Å². The van der Waals surface area contributed by atoms with Crippen LogP contribution in [-0.4, -0.2) is 0 Å². The quantitative estimate of drug-likeness (QED) is 0.458. The predicted molar refractivity (Wildman–Crippen MR) is 52.5 cm³/mol. The Morgan fingerprint density at radius 2 is 1.92 bits per heavy atom. The molecule has 0 saturated heterocycles. The maximum atomic E-state index is 8.70. The first-order valence-corrected chi connectivity index (χ1v) is 3.73. The van der Waals surface area contributed by atoms with E-state index in [2.05, 4.69) is 19.2 Å². The van der Waals surface area contributed by atoms with Gasteiger partial charge in [-0.15, -0.1) is 0 Å². The number of hydrogen-bond donors (Lipinski definition) is 0. The predicted octanol–water partition coefficient (Wildman–Crippen LogP) is 3.14. The van der Waals surface area contributed by atoms with Gasteiger partial charge in [-0.1, -0.05) is 31.4 Å². The lowest BCUT2D eigenvalue weighted by Crippen LogP contribution is -1.85. The highest BCUT2D eigenvalue weighted by molar-refractivity contribution is 5.48. The van der Waals surface area contributed by atoms with Crippen LogP contribution < -0.4 is 0 Å². The van der Waals surface area contributed by atoms with E-state index in [0.29, 0.717) is 5.57 Å². The number of nitriles is 1. The Bertz CT molecular complexity index is 285. The van der Waals surface area contributed by atoms with Gasteiger partial charge in [0.2, 0.25) is 0 Å². The molecule has 0 unspecified atom stereocenters. The highest BCUT2D eigenvalue weighted by atomic mass is 14.2. The van der Waals surface area contributed by atoms with Crippen molar-refractivity contribution in [2.45, 2.75) is 13.8 Å². The summed E-state index contributed by atoms with van der Waals surface area (Å²) >= 11 is 0. The van der Waals surface area contributed by atoms with Crippen molar-refractivity contribution < 1.29 is 0 Å². The van der Waals surface area contributed by atoms with E-state index in [4.69, 9.17) is 5.26 Å². The van der Waals surface area contributed by atoms with Crippen molar-refractivity contribution in [1.29, 1.82) is 5.26 Å². The molecule has 0 amide bonds. The van der Waals surface area contributed by atoms with Gasteiger partial charge in [0.05, 0.1) is 11.6 Å². The largest absolute Gasteiger partial charge is 0.192 e. The molecule has 0 spiro atoms. The lowest BCUT2D eigenvalue weighted by atomic mass is 10.0. The molecule has 0 atom stereocenters. The zero-order valence-electron chi connectivity index (χ0n) is 7.59. The van der Waals surface area contributed by atoms with Gasteiger partial charge < -0.3 is 0 Å². The summed E-state index contributed by atoms with van der Waals surface area (Å²) in [7, 11) is 0. The molecule has 0 aromatic carbocycles. The Morgan fingerprint density at radius 1 is 1.33 bits per heavy atom. The second kappa shape index (κ2) is 5.15. The molecule has 0 fully saturated rings. The van der Waals surface area contributed by atoms with E-state index in [1.807, 2.05) is 19.9 Å². The molecule has 0 aromatic heterocycles. The van der Waals surface area contributed by atoms with Gasteiger partial charge in [0.15, 0.2) is 0 Å². The average molecular weight is 159 g/mol. The van der Waals surface area contributed by atoms with Gasteiger partial charge in [0, 0.05) is 0 Å². The van der Waals surface area contributed by atoms with E-state index >= 15 is 0 Å². The van der Waals surface area contributed by atoms with Gasteiger partial charge in [-0.3, -0.25) is 0 Å². The van der Waals surface area contributed by atoms with Crippen molar-refractivity contribution in [2.24, 2.45) is 0 Å². The summed E-state index contributed by atoms with van der Waals surface area (Å²) in [5.41, 5.74) is 2.50. The Morgan fingerprint density at radius 3 is 2.17 bits per heavy atom. The van der Waals surface area contributed by atoms with Crippen molar-refractivity contribution in [3.8, 4) is 6.07 Å². The maximum Gasteiger partial charge on any atom is 0.0994 e. The van der Waals surface area contributed by atoms with Crippen molar-refractivity contribution in [2.75, 3.05) is 0 Å².